The molecule has 0 fully saturated rings. The zero-order chi connectivity index (χ0) is 13.1. The van der Waals surface area contributed by atoms with Crippen molar-refractivity contribution in [2.24, 2.45) is 0 Å². The van der Waals surface area contributed by atoms with Crippen molar-refractivity contribution < 1.29 is 9.53 Å². The molecule has 5 heteroatoms. The van der Waals surface area contributed by atoms with Crippen molar-refractivity contribution in [1.29, 1.82) is 0 Å². The number of benzene rings is 1. The molecule has 2 nitrogen and oxygen atoms in total. The number of halogens is 2. The van der Waals surface area contributed by atoms with Crippen LogP contribution in [0, 0.1) is 6.92 Å². The Morgan fingerprint density at radius 1 is 1.33 bits per heavy atom. The van der Waals surface area contributed by atoms with Gasteiger partial charge in [-0.25, -0.2) is 0 Å². The standard InChI is InChI=1S/C13H10Cl2O2S/c1-8-9(4-11(6-16)18-8)7-17-13-5-10(14)2-3-12(13)15/h2-6H,7H2,1H3. The van der Waals surface area contributed by atoms with E-state index in [0.717, 1.165) is 16.7 Å². The van der Waals surface area contributed by atoms with Gasteiger partial charge in [0.25, 0.3) is 0 Å². The van der Waals surface area contributed by atoms with E-state index >= 15 is 0 Å². The predicted octanol–water partition coefficient (Wildman–Crippen LogP) is 4.75. The second-order valence-corrected chi connectivity index (χ2v) is 5.84. The Labute approximate surface area is 119 Å². The number of thiophene rings is 1. The highest BCUT2D eigenvalue weighted by atomic mass is 35.5. The summed E-state index contributed by atoms with van der Waals surface area (Å²) in [6.07, 6.45) is 0.841. The number of carbonyl (C=O) groups is 1. The van der Waals surface area contributed by atoms with Crippen LogP contribution in [0.2, 0.25) is 10.0 Å². The van der Waals surface area contributed by atoms with Crippen molar-refractivity contribution in [3.05, 3.63) is 49.6 Å². The molecule has 0 unspecified atom stereocenters. The van der Waals surface area contributed by atoms with E-state index in [1.165, 1.54) is 11.3 Å². The molecule has 0 spiro atoms. The summed E-state index contributed by atoms with van der Waals surface area (Å²) in [5, 5.41) is 1.09. The molecule has 0 aliphatic heterocycles. The maximum atomic E-state index is 10.7. The first kappa shape index (κ1) is 13.4. The highest BCUT2D eigenvalue weighted by Crippen LogP contribution is 2.29. The molecule has 94 valence electrons. The molecule has 1 aromatic carbocycles. The number of ether oxygens (including phenoxy) is 1. The molecule has 0 atom stereocenters. The maximum Gasteiger partial charge on any atom is 0.160 e. The highest BCUT2D eigenvalue weighted by Gasteiger charge is 2.07. The summed E-state index contributed by atoms with van der Waals surface area (Å²) in [7, 11) is 0. The highest BCUT2D eigenvalue weighted by molar-refractivity contribution is 7.13. The number of aldehydes is 1. The van der Waals surface area contributed by atoms with Crippen LogP contribution in [0.1, 0.15) is 20.1 Å². The Kier molecular flexibility index (Phi) is 4.27. The second kappa shape index (κ2) is 5.74. The van der Waals surface area contributed by atoms with Crippen LogP contribution in [0.5, 0.6) is 5.75 Å². The van der Waals surface area contributed by atoms with Gasteiger partial charge in [0.2, 0.25) is 0 Å². The monoisotopic (exact) mass is 300 g/mol. The predicted molar refractivity (Wildman–Crippen MR) is 75.2 cm³/mol. The normalized spacial score (nSPS) is 10.4. The van der Waals surface area contributed by atoms with Gasteiger partial charge in [0.05, 0.1) is 9.90 Å². The fourth-order valence-corrected chi connectivity index (χ4v) is 2.68. The SMILES string of the molecule is Cc1sc(C=O)cc1COc1cc(Cl)ccc1Cl. The molecule has 1 heterocycles. The number of carbonyl (C=O) groups excluding carboxylic acids is 1. The van der Waals surface area contributed by atoms with E-state index < -0.39 is 0 Å². The third kappa shape index (κ3) is 3.05. The summed E-state index contributed by atoms with van der Waals surface area (Å²) >= 11 is 13.3. The van der Waals surface area contributed by atoms with Crippen molar-refractivity contribution in [2.75, 3.05) is 0 Å². The summed E-state index contributed by atoms with van der Waals surface area (Å²) in [5.74, 6) is 0.544. The van der Waals surface area contributed by atoms with Crippen LogP contribution in [0.15, 0.2) is 24.3 Å². The summed E-state index contributed by atoms with van der Waals surface area (Å²) in [6, 6.07) is 6.89. The van der Waals surface area contributed by atoms with Gasteiger partial charge in [-0.2, -0.15) is 0 Å². The minimum absolute atomic E-state index is 0.371. The third-order valence-corrected chi connectivity index (χ3v) is 4.00. The molecule has 0 bridgehead atoms. The van der Waals surface area contributed by atoms with E-state index in [9.17, 15) is 4.79 Å². The minimum atomic E-state index is 0.371. The lowest BCUT2D eigenvalue weighted by Gasteiger charge is -2.08. The smallest absolute Gasteiger partial charge is 0.160 e. The topological polar surface area (TPSA) is 26.3 Å². The Hall–Kier alpha value is -1.03. The molecule has 0 aliphatic rings. The van der Waals surface area contributed by atoms with E-state index in [1.807, 2.05) is 13.0 Å². The first-order valence-corrected chi connectivity index (χ1v) is 6.79. The first-order valence-electron chi connectivity index (χ1n) is 5.22. The lowest BCUT2D eigenvalue weighted by molar-refractivity contribution is 0.112. The van der Waals surface area contributed by atoms with Gasteiger partial charge in [0, 0.05) is 21.5 Å². The Balaban J connectivity index is 2.13. The Morgan fingerprint density at radius 3 is 2.78 bits per heavy atom. The second-order valence-electron chi connectivity index (χ2n) is 3.71. The van der Waals surface area contributed by atoms with Crippen molar-refractivity contribution in [3.63, 3.8) is 0 Å². The quantitative estimate of drug-likeness (QED) is 0.761. The fraction of sp³-hybridized carbons (Fsp3) is 0.154. The van der Waals surface area contributed by atoms with E-state index in [-0.39, 0.29) is 0 Å². The van der Waals surface area contributed by atoms with Crippen LogP contribution in [0.3, 0.4) is 0 Å². The Morgan fingerprint density at radius 2 is 2.11 bits per heavy atom. The van der Waals surface area contributed by atoms with E-state index in [2.05, 4.69) is 0 Å². The summed E-state index contributed by atoms with van der Waals surface area (Å²) in [5.41, 5.74) is 0.984. The van der Waals surface area contributed by atoms with Gasteiger partial charge in [-0.15, -0.1) is 11.3 Å². The molecule has 18 heavy (non-hydrogen) atoms. The van der Waals surface area contributed by atoms with Crippen LogP contribution in [0.4, 0.5) is 0 Å². The van der Waals surface area contributed by atoms with Gasteiger partial charge in [-0.1, -0.05) is 23.2 Å². The summed E-state index contributed by atoms with van der Waals surface area (Å²) < 4.78 is 5.62. The number of rotatable bonds is 4. The van der Waals surface area contributed by atoms with Gasteiger partial charge in [0.1, 0.15) is 12.4 Å². The van der Waals surface area contributed by atoms with Crippen LogP contribution in [-0.2, 0) is 6.61 Å². The molecule has 0 N–H and O–H groups in total. The van der Waals surface area contributed by atoms with Crippen LogP contribution in [0.25, 0.3) is 0 Å². The van der Waals surface area contributed by atoms with Crippen LogP contribution >= 0.6 is 34.5 Å². The number of aryl methyl sites for hydroxylation is 1. The van der Waals surface area contributed by atoms with Gasteiger partial charge in [-0.3, -0.25) is 4.79 Å². The molecule has 1 aromatic heterocycles. The van der Waals surface area contributed by atoms with Crippen molar-refractivity contribution in [1.82, 2.24) is 0 Å². The molecular formula is C13H10Cl2O2S. The number of hydrogen-bond donors (Lipinski definition) is 0. The third-order valence-electron chi connectivity index (χ3n) is 2.43. The largest absolute Gasteiger partial charge is 0.487 e. The molecule has 0 saturated carbocycles. The van der Waals surface area contributed by atoms with E-state index in [4.69, 9.17) is 27.9 Å². The fourth-order valence-electron chi connectivity index (χ4n) is 1.49. The number of hydrogen-bond acceptors (Lipinski definition) is 3. The zero-order valence-electron chi connectivity index (χ0n) is 9.57. The molecule has 0 radical (unpaired) electrons. The average molecular weight is 301 g/mol. The van der Waals surface area contributed by atoms with E-state index in [1.54, 1.807) is 18.2 Å². The lowest BCUT2D eigenvalue weighted by atomic mass is 10.2. The molecule has 2 rings (SSSR count). The van der Waals surface area contributed by atoms with Crippen LogP contribution in [-0.4, -0.2) is 6.29 Å². The van der Waals surface area contributed by atoms with Gasteiger partial charge in [-0.05, 0) is 25.1 Å². The molecule has 0 amide bonds. The maximum absolute atomic E-state index is 10.7. The molecular weight excluding hydrogens is 291 g/mol. The Bertz CT molecular complexity index is 578. The summed E-state index contributed by atoms with van der Waals surface area (Å²) in [4.78, 5) is 12.4. The lowest BCUT2D eigenvalue weighted by Crippen LogP contribution is -1.96. The van der Waals surface area contributed by atoms with Crippen molar-refractivity contribution in [3.8, 4) is 5.75 Å². The summed E-state index contributed by atoms with van der Waals surface area (Å²) in [6.45, 7) is 2.33. The first-order chi connectivity index (χ1) is 8.60. The van der Waals surface area contributed by atoms with Gasteiger partial charge in [0.15, 0.2) is 6.29 Å². The minimum Gasteiger partial charge on any atom is -0.487 e. The molecule has 0 saturated heterocycles. The zero-order valence-corrected chi connectivity index (χ0v) is 11.9. The van der Waals surface area contributed by atoms with Gasteiger partial charge >= 0.3 is 0 Å². The molecule has 0 aliphatic carbocycles. The van der Waals surface area contributed by atoms with Crippen molar-refractivity contribution in [2.45, 2.75) is 13.5 Å². The van der Waals surface area contributed by atoms with Gasteiger partial charge < -0.3 is 4.74 Å². The van der Waals surface area contributed by atoms with Crippen molar-refractivity contribution >= 4 is 40.8 Å². The average Bonchev–Trinajstić information content (AvgIpc) is 2.71. The van der Waals surface area contributed by atoms with Crippen LogP contribution < -0.4 is 4.74 Å². The molecule has 2 aromatic rings. The van der Waals surface area contributed by atoms with E-state index in [0.29, 0.717) is 27.3 Å².